The lowest BCUT2D eigenvalue weighted by molar-refractivity contribution is -0.108. The molecule has 0 bridgehead atoms. The summed E-state index contributed by atoms with van der Waals surface area (Å²) in [6.45, 7) is 12.5. The van der Waals surface area contributed by atoms with Gasteiger partial charge >= 0.3 is 0 Å². The van der Waals surface area contributed by atoms with Crippen LogP contribution in [-0.2, 0) is 4.74 Å². The molecule has 5 aliphatic rings. The van der Waals surface area contributed by atoms with E-state index in [1.807, 2.05) is 27.7 Å². The number of rotatable bonds is 0. The lowest BCUT2D eigenvalue weighted by atomic mass is 9.42. The standard InChI is InChI=1S/C16H22N6O/c1-9-7-15-11(3)17-18-12(4)16(15,8-10(9)2)14(6,22-20-12)23-13(15,5)21-19-11/h7-8H2,1-6H3. The Kier molecular flexibility index (Phi) is 1.92. The van der Waals surface area contributed by atoms with Crippen LogP contribution in [0.15, 0.2) is 41.8 Å². The van der Waals surface area contributed by atoms with E-state index in [1.165, 1.54) is 11.1 Å². The predicted octanol–water partition coefficient (Wildman–Crippen LogP) is 4.38. The smallest absolute Gasteiger partial charge is 0.199 e. The van der Waals surface area contributed by atoms with Gasteiger partial charge in [0.05, 0.1) is 10.8 Å². The number of ether oxygens (including phenoxy) is 1. The van der Waals surface area contributed by atoms with Crippen molar-refractivity contribution < 1.29 is 4.74 Å². The Hall–Kier alpha value is -1.50. The predicted molar refractivity (Wildman–Crippen MR) is 81.7 cm³/mol. The molecule has 1 saturated heterocycles. The summed E-state index contributed by atoms with van der Waals surface area (Å²) >= 11 is 0. The SMILES string of the molecule is CC1=C(C)CC23C4(C)N=NC5(C)N=NC(C)(OC2(C)N=N4)C53C1. The van der Waals surface area contributed by atoms with Gasteiger partial charge in [0.2, 0.25) is 0 Å². The molecule has 7 heteroatoms. The molecule has 6 atom stereocenters. The van der Waals surface area contributed by atoms with E-state index in [0.717, 1.165) is 12.8 Å². The number of azo groups is 3. The van der Waals surface area contributed by atoms with Crippen LogP contribution in [-0.4, -0.2) is 22.8 Å². The number of hydrogen-bond acceptors (Lipinski definition) is 7. The van der Waals surface area contributed by atoms with Crippen molar-refractivity contribution in [3.8, 4) is 0 Å². The second-order valence-electron chi connectivity index (χ2n) is 8.43. The second kappa shape index (κ2) is 3.18. The van der Waals surface area contributed by atoms with Crippen molar-refractivity contribution in [1.29, 1.82) is 0 Å². The molecule has 1 aliphatic carbocycles. The molecule has 4 aliphatic heterocycles. The maximum Gasteiger partial charge on any atom is 0.199 e. The summed E-state index contributed by atoms with van der Waals surface area (Å²) in [7, 11) is 0. The summed E-state index contributed by atoms with van der Waals surface area (Å²) in [5.74, 6) is 0. The van der Waals surface area contributed by atoms with Crippen molar-refractivity contribution in [3.05, 3.63) is 11.1 Å². The lowest BCUT2D eigenvalue weighted by Gasteiger charge is -2.59. The highest BCUT2D eigenvalue weighted by Crippen LogP contribution is 2.83. The van der Waals surface area contributed by atoms with Crippen LogP contribution in [0.3, 0.4) is 0 Å². The highest BCUT2D eigenvalue weighted by molar-refractivity contribution is 5.42. The molecule has 0 aromatic carbocycles. The second-order valence-corrected chi connectivity index (χ2v) is 8.43. The minimum atomic E-state index is -0.751. The van der Waals surface area contributed by atoms with Gasteiger partial charge in [0.15, 0.2) is 22.8 Å². The van der Waals surface area contributed by atoms with Gasteiger partial charge in [-0.25, -0.2) is 0 Å². The Bertz CT molecular complexity index is 725. The molecule has 23 heavy (non-hydrogen) atoms. The van der Waals surface area contributed by atoms with Crippen LogP contribution in [0, 0.1) is 10.8 Å². The van der Waals surface area contributed by atoms with Crippen LogP contribution >= 0.6 is 0 Å². The molecule has 7 nitrogen and oxygen atoms in total. The van der Waals surface area contributed by atoms with Crippen molar-refractivity contribution in [1.82, 2.24) is 0 Å². The quantitative estimate of drug-likeness (QED) is 0.610. The number of allylic oxidation sites excluding steroid dienone is 2. The van der Waals surface area contributed by atoms with E-state index in [9.17, 15) is 0 Å². The molecular weight excluding hydrogens is 292 g/mol. The van der Waals surface area contributed by atoms with Gasteiger partial charge < -0.3 is 4.74 Å². The molecule has 1 fully saturated rings. The molecule has 0 aromatic rings. The van der Waals surface area contributed by atoms with E-state index in [4.69, 9.17) is 4.74 Å². The molecule has 0 radical (unpaired) electrons. The maximum atomic E-state index is 6.55. The summed E-state index contributed by atoms with van der Waals surface area (Å²) in [4.78, 5) is 0. The molecule has 0 aromatic heterocycles. The molecule has 0 N–H and O–H groups in total. The fourth-order valence-corrected chi connectivity index (χ4v) is 6.28. The van der Waals surface area contributed by atoms with Gasteiger partial charge in [0.1, 0.15) is 0 Å². The summed E-state index contributed by atoms with van der Waals surface area (Å²) in [5, 5.41) is 27.6. The first-order valence-corrected chi connectivity index (χ1v) is 8.26. The fraction of sp³-hybridized carbons (Fsp3) is 0.875. The van der Waals surface area contributed by atoms with Crippen LogP contribution in [0.25, 0.3) is 0 Å². The van der Waals surface area contributed by atoms with Gasteiger partial charge in [-0.2, -0.15) is 30.7 Å². The Morgan fingerprint density at radius 1 is 0.652 bits per heavy atom. The number of hydrogen-bond donors (Lipinski definition) is 0. The molecule has 2 spiro atoms. The number of nitrogens with zero attached hydrogens (tertiary/aromatic N) is 6. The first-order valence-electron chi connectivity index (χ1n) is 8.26. The van der Waals surface area contributed by atoms with Gasteiger partial charge in [-0.15, -0.1) is 0 Å². The third-order valence-electron chi connectivity index (χ3n) is 7.43. The van der Waals surface area contributed by atoms with Gasteiger partial charge in [-0.3, -0.25) is 0 Å². The van der Waals surface area contributed by atoms with E-state index in [-0.39, 0.29) is 0 Å². The van der Waals surface area contributed by atoms with Crippen LogP contribution in [0.4, 0.5) is 0 Å². The van der Waals surface area contributed by atoms with Crippen molar-refractivity contribution in [2.75, 3.05) is 0 Å². The molecule has 0 amide bonds. The normalized spacial score (nSPS) is 61.3. The van der Waals surface area contributed by atoms with Crippen LogP contribution in [0.2, 0.25) is 0 Å². The van der Waals surface area contributed by atoms with Crippen molar-refractivity contribution in [2.45, 2.75) is 77.2 Å². The van der Waals surface area contributed by atoms with Gasteiger partial charge in [0.25, 0.3) is 0 Å². The summed E-state index contributed by atoms with van der Waals surface area (Å²) in [6, 6.07) is 0. The van der Waals surface area contributed by atoms with Gasteiger partial charge in [-0.05, 0) is 54.4 Å². The van der Waals surface area contributed by atoms with Gasteiger partial charge in [0, 0.05) is 0 Å². The van der Waals surface area contributed by atoms with E-state index in [0.29, 0.717) is 0 Å². The van der Waals surface area contributed by atoms with Gasteiger partial charge in [-0.1, -0.05) is 11.1 Å². The zero-order chi connectivity index (χ0) is 16.5. The molecule has 5 rings (SSSR count). The largest absolute Gasteiger partial charge is 0.322 e. The Morgan fingerprint density at radius 2 is 1.00 bits per heavy atom. The Morgan fingerprint density at radius 3 is 1.39 bits per heavy atom. The lowest BCUT2D eigenvalue weighted by Crippen LogP contribution is -2.69. The third-order valence-corrected chi connectivity index (χ3v) is 7.43. The molecule has 4 heterocycles. The Labute approximate surface area is 135 Å². The maximum absolute atomic E-state index is 6.55. The molecular formula is C16H22N6O. The minimum absolute atomic E-state index is 0.411. The van der Waals surface area contributed by atoms with Crippen molar-refractivity contribution in [3.63, 3.8) is 0 Å². The first kappa shape index (κ1) is 13.9. The van der Waals surface area contributed by atoms with E-state index in [1.54, 1.807) is 0 Å². The van der Waals surface area contributed by atoms with E-state index in [2.05, 4.69) is 44.5 Å². The fourth-order valence-electron chi connectivity index (χ4n) is 6.28. The summed E-state index contributed by atoms with van der Waals surface area (Å²) in [5.41, 5.74) is -1.03. The summed E-state index contributed by atoms with van der Waals surface area (Å²) < 4.78 is 6.55. The topological polar surface area (TPSA) is 83.4 Å². The molecule has 122 valence electrons. The van der Waals surface area contributed by atoms with Crippen LogP contribution in [0.5, 0.6) is 0 Å². The zero-order valence-electron chi connectivity index (χ0n) is 14.5. The molecule has 0 saturated carbocycles. The molecule has 6 unspecified atom stereocenters. The van der Waals surface area contributed by atoms with E-state index >= 15 is 0 Å². The highest BCUT2D eigenvalue weighted by Gasteiger charge is 2.92. The minimum Gasteiger partial charge on any atom is -0.322 e. The monoisotopic (exact) mass is 314 g/mol. The first-order chi connectivity index (χ1) is 10.6. The van der Waals surface area contributed by atoms with Crippen LogP contribution < -0.4 is 0 Å². The van der Waals surface area contributed by atoms with Crippen LogP contribution in [0.1, 0.15) is 54.4 Å². The average molecular weight is 314 g/mol. The Balaban J connectivity index is 1.96. The van der Waals surface area contributed by atoms with E-state index < -0.39 is 33.6 Å². The highest BCUT2D eigenvalue weighted by atomic mass is 16.6. The zero-order valence-corrected chi connectivity index (χ0v) is 14.5. The summed E-state index contributed by atoms with van der Waals surface area (Å²) in [6.07, 6.45) is 1.68. The van der Waals surface area contributed by atoms with Crippen molar-refractivity contribution in [2.24, 2.45) is 41.5 Å². The van der Waals surface area contributed by atoms with Crippen molar-refractivity contribution >= 4 is 0 Å². The average Bonchev–Trinajstić information content (AvgIpc) is 2.89. The third kappa shape index (κ3) is 0.983.